The van der Waals surface area contributed by atoms with Crippen molar-refractivity contribution < 1.29 is 14.3 Å². The number of fused-ring (bicyclic) bond motifs is 1. The van der Waals surface area contributed by atoms with E-state index in [0.717, 1.165) is 16.8 Å². The van der Waals surface area contributed by atoms with E-state index in [1.807, 2.05) is 49.4 Å². The molecule has 2 aromatic carbocycles. The first-order valence-corrected chi connectivity index (χ1v) is 8.37. The Morgan fingerprint density at radius 1 is 1.16 bits per heavy atom. The van der Waals surface area contributed by atoms with E-state index >= 15 is 0 Å². The van der Waals surface area contributed by atoms with E-state index in [9.17, 15) is 9.59 Å². The van der Waals surface area contributed by atoms with Gasteiger partial charge in [0.25, 0.3) is 5.91 Å². The highest BCUT2D eigenvalue weighted by Crippen LogP contribution is 2.31. The van der Waals surface area contributed by atoms with E-state index in [1.54, 1.807) is 11.9 Å². The Hall–Kier alpha value is -2.82. The number of nitrogens with zero attached hydrogens (tertiary/aromatic N) is 1. The smallest absolute Gasteiger partial charge is 0.264 e. The number of amides is 2. The third-order valence-electron chi connectivity index (χ3n) is 4.33. The molecule has 0 aliphatic carbocycles. The topological polar surface area (TPSA) is 58.6 Å². The lowest BCUT2D eigenvalue weighted by molar-refractivity contribution is -0.121. The van der Waals surface area contributed by atoms with Crippen LogP contribution >= 0.6 is 0 Å². The lowest BCUT2D eigenvalue weighted by Gasteiger charge is -2.26. The fourth-order valence-corrected chi connectivity index (χ4v) is 2.77. The summed E-state index contributed by atoms with van der Waals surface area (Å²) in [6, 6.07) is 13.8. The maximum atomic E-state index is 12.0. The summed E-state index contributed by atoms with van der Waals surface area (Å²) >= 11 is 0. The number of hydrogen-bond donors (Lipinski definition) is 1. The summed E-state index contributed by atoms with van der Waals surface area (Å²) in [5, 5.41) is 2.94. The number of aryl methyl sites for hydroxylation is 1. The number of carbonyl (C=O) groups is 2. The third kappa shape index (κ3) is 4.18. The molecule has 2 aromatic rings. The molecule has 0 unspecified atom stereocenters. The van der Waals surface area contributed by atoms with Crippen molar-refractivity contribution in [1.82, 2.24) is 5.32 Å². The second-order valence-electron chi connectivity index (χ2n) is 6.31. The number of nitrogens with one attached hydrogen (secondary N) is 1. The monoisotopic (exact) mass is 338 g/mol. The van der Waals surface area contributed by atoms with Crippen LogP contribution in [0.5, 0.6) is 5.75 Å². The van der Waals surface area contributed by atoms with Gasteiger partial charge in [0.2, 0.25) is 5.91 Å². The van der Waals surface area contributed by atoms with Crippen LogP contribution in [0.4, 0.5) is 5.69 Å². The molecule has 25 heavy (non-hydrogen) atoms. The highest BCUT2D eigenvalue weighted by atomic mass is 16.5. The number of ether oxygens (including phenoxy) is 1. The minimum absolute atomic E-state index is 0.0115. The molecule has 0 atom stereocenters. The van der Waals surface area contributed by atoms with Gasteiger partial charge in [-0.05, 0) is 36.6 Å². The summed E-state index contributed by atoms with van der Waals surface area (Å²) in [6.07, 6.45) is 1.09. The first kappa shape index (κ1) is 17.0. The molecule has 0 saturated heterocycles. The Kier molecular flexibility index (Phi) is 5.03. The SMILES string of the molecule is Cc1ccc(CC(=O)NCCc2ccc3c(c2)N(C)C(=O)CO3)cc1. The minimum Gasteiger partial charge on any atom is -0.482 e. The molecule has 1 N–H and O–H groups in total. The van der Waals surface area contributed by atoms with Gasteiger partial charge in [-0.3, -0.25) is 9.59 Å². The average Bonchev–Trinajstić information content (AvgIpc) is 2.60. The van der Waals surface area contributed by atoms with Crippen molar-refractivity contribution >= 4 is 17.5 Å². The number of carbonyl (C=O) groups excluding carboxylic acids is 2. The van der Waals surface area contributed by atoms with Gasteiger partial charge in [0.1, 0.15) is 5.75 Å². The van der Waals surface area contributed by atoms with Gasteiger partial charge in [-0.25, -0.2) is 0 Å². The van der Waals surface area contributed by atoms with Crippen molar-refractivity contribution in [3.8, 4) is 5.75 Å². The molecule has 1 aliphatic heterocycles. The molecule has 1 aliphatic rings. The van der Waals surface area contributed by atoms with E-state index in [4.69, 9.17) is 4.74 Å². The maximum Gasteiger partial charge on any atom is 0.264 e. The number of benzene rings is 2. The summed E-state index contributed by atoms with van der Waals surface area (Å²) < 4.78 is 5.42. The first-order chi connectivity index (χ1) is 12.0. The van der Waals surface area contributed by atoms with Crippen LogP contribution in [0.3, 0.4) is 0 Å². The van der Waals surface area contributed by atoms with Crippen LogP contribution in [0.25, 0.3) is 0 Å². The summed E-state index contributed by atoms with van der Waals surface area (Å²) in [7, 11) is 1.75. The van der Waals surface area contributed by atoms with Crippen LogP contribution in [0, 0.1) is 6.92 Å². The van der Waals surface area contributed by atoms with Crippen molar-refractivity contribution in [3.05, 3.63) is 59.2 Å². The predicted octanol–water partition coefficient (Wildman–Crippen LogP) is 2.25. The zero-order valence-corrected chi connectivity index (χ0v) is 14.5. The van der Waals surface area contributed by atoms with Crippen molar-refractivity contribution in [2.45, 2.75) is 19.8 Å². The molecule has 5 nitrogen and oxygen atoms in total. The van der Waals surface area contributed by atoms with Crippen molar-refractivity contribution in [2.75, 3.05) is 25.1 Å². The quantitative estimate of drug-likeness (QED) is 0.910. The number of hydrogen-bond acceptors (Lipinski definition) is 3. The Labute approximate surface area is 147 Å². The van der Waals surface area contributed by atoms with E-state index in [-0.39, 0.29) is 18.4 Å². The Morgan fingerprint density at radius 2 is 1.88 bits per heavy atom. The van der Waals surface area contributed by atoms with E-state index in [1.165, 1.54) is 5.56 Å². The summed E-state index contributed by atoms with van der Waals surface area (Å²) in [6.45, 7) is 2.67. The molecule has 0 spiro atoms. The van der Waals surface area contributed by atoms with Gasteiger partial charge in [-0.2, -0.15) is 0 Å². The number of likely N-dealkylation sites (N-methyl/N-ethyl adjacent to an activating group) is 1. The molecule has 0 aromatic heterocycles. The molecule has 0 radical (unpaired) electrons. The minimum atomic E-state index is -0.0592. The van der Waals surface area contributed by atoms with Gasteiger partial charge in [0.05, 0.1) is 12.1 Å². The van der Waals surface area contributed by atoms with Gasteiger partial charge in [0.15, 0.2) is 6.61 Å². The fraction of sp³-hybridized carbons (Fsp3) is 0.300. The van der Waals surface area contributed by atoms with Crippen LogP contribution in [0.1, 0.15) is 16.7 Å². The summed E-state index contributed by atoms with van der Waals surface area (Å²) in [4.78, 5) is 25.4. The van der Waals surface area contributed by atoms with Gasteiger partial charge in [0, 0.05) is 13.6 Å². The molecular weight excluding hydrogens is 316 g/mol. The van der Waals surface area contributed by atoms with E-state index in [2.05, 4.69) is 5.32 Å². The molecule has 0 fully saturated rings. The Balaban J connectivity index is 1.53. The van der Waals surface area contributed by atoms with Crippen LogP contribution in [0.15, 0.2) is 42.5 Å². The largest absolute Gasteiger partial charge is 0.482 e. The summed E-state index contributed by atoms with van der Waals surface area (Å²) in [5.74, 6) is 0.669. The van der Waals surface area contributed by atoms with Gasteiger partial charge in [-0.15, -0.1) is 0 Å². The van der Waals surface area contributed by atoms with Crippen LogP contribution in [-0.4, -0.2) is 32.0 Å². The second-order valence-corrected chi connectivity index (χ2v) is 6.31. The highest BCUT2D eigenvalue weighted by Gasteiger charge is 2.22. The fourth-order valence-electron chi connectivity index (χ4n) is 2.77. The third-order valence-corrected chi connectivity index (χ3v) is 4.33. The first-order valence-electron chi connectivity index (χ1n) is 8.37. The zero-order chi connectivity index (χ0) is 17.8. The molecule has 2 amide bonds. The van der Waals surface area contributed by atoms with Crippen LogP contribution in [-0.2, 0) is 22.4 Å². The average molecular weight is 338 g/mol. The molecule has 130 valence electrons. The summed E-state index contributed by atoms with van der Waals surface area (Å²) in [5.41, 5.74) is 4.03. The van der Waals surface area contributed by atoms with Crippen LogP contribution in [0.2, 0.25) is 0 Å². The maximum absolute atomic E-state index is 12.0. The molecule has 5 heteroatoms. The zero-order valence-electron chi connectivity index (χ0n) is 14.5. The molecule has 0 bridgehead atoms. The Bertz CT molecular complexity index is 784. The van der Waals surface area contributed by atoms with Gasteiger partial charge < -0.3 is 15.0 Å². The molecule has 3 rings (SSSR count). The molecule has 0 saturated carbocycles. The van der Waals surface area contributed by atoms with Gasteiger partial charge in [-0.1, -0.05) is 35.9 Å². The Morgan fingerprint density at radius 3 is 2.64 bits per heavy atom. The van der Waals surface area contributed by atoms with Crippen molar-refractivity contribution in [1.29, 1.82) is 0 Å². The second kappa shape index (κ2) is 7.38. The normalized spacial score (nSPS) is 13.2. The predicted molar refractivity (Wildman–Crippen MR) is 96.9 cm³/mol. The lowest BCUT2D eigenvalue weighted by Crippen LogP contribution is -2.35. The van der Waals surface area contributed by atoms with Crippen LogP contribution < -0.4 is 15.0 Å². The standard InChI is InChI=1S/C20H22N2O3/c1-14-3-5-15(6-4-14)12-19(23)21-10-9-16-7-8-18-17(11-16)22(2)20(24)13-25-18/h3-8,11H,9-10,12-13H2,1-2H3,(H,21,23). The lowest BCUT2D eigenvalue weighted by atomic mass is 10.1. The van der Waals surface area contributed by atoms with Gasteiger partial charge >= 0.3 is 0 Å². The number of anilines is 1. The highest BCUT2D eigenvalue weighted by molar-refractivity contribution is 5.97. The molecular formula is C20H22N2O3. The van der Waals surface area contributed by atoms with E-state index < -0.39 is 0 Å². The van der Waals surface area contributed by atoms with Crippen molar-refractivity contribution in [2.24, 2.45) is 0 Å². The molecule has 1 heterocycles. The van der Waals surface area contributed by atoms with Crippen molar-refractivity contribution in [3.63, 3.8) is 0 Å². The van der Waals surface area contributed by atoms with E-state index in [0.29, 0.717) is 25.1 Å². The number of rotatable bonds is 5.